The first-order valence-corrected chi connectivity index (χ1v) is 5.90. The third-order valence-corrected chi connectivity index (χ3v) is 3.77. The molecule has 3 rings (SSSR count). The van der Waals surface area contributed by atoms with Crippen molar-refractivity contribution in [2.45, 2.75) is 31.7 Å². The quantitative estimate of drug-likeness (QED) is 0.789. The topological polar surface area (TPSA) is 25.2 Å². The summed E-state index contributed by atoms with van der Waals surface area (Å²) in [6.07, 6.45) is 3.13. The summed E-state index contributed by atoms with van der Waals surface area (Å²) >= 11 is 0. The molecule has 84 valence electrons. The SMILES string of the molecule is CC1(C)NCCC1c1coc2ccccc12. The predicted octanol–water partition coefficient (Wildman–Crippen LogP) is 3.29. The second-order valence-corrected chi connectivity index (χ2v) is 5.18. The van der Waals surface area contributed by atoms with Gasteiger partial charge in [-0.25, -0.2) is 0 Å². The molecule has 0 amide bonds. The zero-order chi connectivity index (χ0) is 11.2. The molecule has 0 radical (unpaired) electrons. The molecule has 2 heteroatoms. The number of hydrogen-bond donors (Lipinski definition) is 1. The van der Waals surface area contributed by atoms with Gasteiger partial charge in [0, 0.05) is 22.4 Å². The van der Waals surface area contributed by atoms with Crippen molar-refractivity contribution in [2.75, 3.05) is 6.54 Å². The number of benzene rings is 1. The third kappa shape index (κ3) is 1.37. The van der Waals surface area contributed by atoms with E-state index in [2.05, 4.69) is 31.3 Å². The van der Waals surface area contributed by atoms with Crippen LogP contribution in [0.1, 0.15) is 31.7 Å². The molecule has 0 saturated carbocycles. The maximum absolute atomic E-state index is 5.63. The molecule has 1 aliphatic rings. The molecule has 2 nitrogen and oxygen atoms in total. The van der Waals surface area contributed by atoms with Crippen LogP contribution >= 0.6 is 0 Å². The van der Waals surface area contributed by atoms with Gasteiger partial charge in [0.25, 0.3) is 0 Å². The minimum absolute atomic E-state index is 0.173. The van der Waals surface area contributed by atoms with Crippen molar-refractivity contribution in [1.82, 2.24) is 5.32 Å². The summed E-state index contributed by atoms with van der Waals surface area (Å²) in [5.41, 5.74) is 2.53. The van der Waals surface area contributed by atoms with Crippen LogP contribution in [-0.2, 0) is 0 Å². The van der Waals surface area contributed by atoms with Crippen LogP contribution in [0.5, 0.6) is 0 Å². The van der Waals surface area contributed by atoms with Crippen LogP contribution in [0.4, 0.5) is 0 Å². The maximum atomic E-state index is 5.63. The highest BCUT2D eigenvalue weighted by molar-refractivity contribution is 5.81. The van der Waals surface area contributed by atoms with Gasteiger partial charge in [-0.2, -0.15) is 0 Å². The molecule has 1 atom stereocenters. The molecule has 0 spiro atoms. The van der Waals surface area contributed by atoms with Crippen LogP contribution in [0.2, 0.25) is 0 Å². The van der Waals surface area contributed by atoms with E-state index in [9.17, 15) is 0 Å². The average molecular weight is 215 g/mol. The number of hydrogen-bond acceptors (Lipinski definition) is 2. The lowest BCUT2D eigenvalue weighted by Gasteiger charge is -2.26. The summed E-state index contributed by atoms with van der Waals surface area (Å²) < 4.78 is 5.63. The van der Waals surface area contributed by atoms with Crippen LogP contribution < -0.4 is 5.32 Å². The Balaban J connectivity index is 2.12. The van der Waals surface area contributed by atoms with E-state index in [0.29, 0.717) is 5.92 Å². The van der Waals surface area contributed by atoms with Gasteiger partial charge in [-0.3, -0.25) is 0 Å². The molecule has 1 saturated heterocycles. The summed E-state index contributed by atoms with van der Waals surface area (Å²) in [5, 5.41) is 4.83. The Bertz CT molecular complexity index is 512. The molecule has 1 unspecified atom stereocenters. The Morgan fingerprint density at radius 1 is 1.31 bits per heavy atom. The first-order chi connectivity index (χ1) is 7.68. The first kappa shape index (κ1) is 9.91. The van der Waals surface area contributed by atoms with E-state index in [4.69, 9.17) is 4.42 Å². The van der Waals surface area contributed by atoms with Gasteiger partial charge in [0.2, 0.25) is 0 Å². The molecule has 16 heavy (non-hydrogen) atoms. The second kappa shape index (κ2) is 3.36. The van der Waals surface area contributed by atoms with Crippen LogP contribution in [0, 0.1) is 0 Å². The molecule has 1 aliphatic heterocycles. The van der Waals surface area contributed by atoms with E-state index >= 15 is 0 Å². The van der Waals surface area contributed by atoms with E-state index in [-0.39, 0.29) is 5.54 Å². The molecule has 2 aromatic rings. The predicted molar refractivity (Wildman–Crippen MR) is 65.7 cm³/mol. The monoisotopic (exact) mass is 215 g/mol. The van der Waals surface area contributed by atoms with Gasteiger partial charge in [0.05, 0.1) is 6.26 Å². The van der Waals surface area contributed by atoms with Crippen molar-refractivity contribution < 1.29 is 4.42 Å². The summed E-state index contributed by atoms with van der Waals surface area (Å²) in [6.45, 7) is 5.63. The molecule has 1 N–H and O–H groups in total. The summed E-state index contributed by atoms with van der Waals surface area (Å²) in [5.74, 6) is 0.552. The lowest BCUT2D eigenvalue weighted by Crippen LogP contribution is -2.36. The van der Waals surface area contributed by atoms with Crippen molar-refractivity contribution in [3.05, 3.63) is 36.1 Å². The molecule has 1 fully saturated rings. The van der Waals surface area contributed by atoms with Crippen molar-refractivity contribution in [3.63, 3.8) is 0 Å². The molecular weight excluding hydrogens is 198 g/mol. The third-order valence-electron chi connectivity index (χ3n) is 3.77. The molecule has 1 aromatic carbocycles. The van der Waals surface area contributed by atoms with Crippen molar-refractivity contribution >= 4 is 11.0 Å². The number of furan rings is 1. The van der Waals surface area contributed by atoms with Gasteiger partial charge in [-0.1, -0.05) is 18.2 Å². The summed E-state index contributed by atoms with van der Waals surface area (Å²) in [4.78, 5) is 0. The van der Waals surface area contributed by atoms with Crippen LogP contribution in [0.25, 0.3) is 11.0 Å². The highest BCUT2D eigenvalue weighted by atomic mass is 16.3. The van der Waals surface area contributed by atoms with Gasteiger partial charge in [0.15, 0.2) is 0 Å². The van der Waals surface area contributed by atoms with Crippen molar-refractivity contribution in [2.24, 2.45) is 0 Å². The molecule has 0 bridgehead atoms. The van der Waals surface area contributed by atoms with Crippen molar-refractivity contribution in [1.29, 1.82) is 0 Å². The number of nitrogens with one attached hydrogen (secondary N) is 1. The minimum atomic E-state index is 0.173. The van der Waals surface area contributed by atoms with Gasteiger partial charge in [-0.05, 0) is 32.9 Å². The highest BCUT2D eigenvalue weighted by Crippen LogP contribution is 2.39. The van der Waals surface area contributed by atoms with E-state index in [0.717, 1.165) is 12.1 Å². The normalized spacial score (nSPS) is 24.0. The minimum Gasteiger partial charge on any atom is -0.464 e. The van der Waals surface area contributed by atoms with E-state index in [1.54, 1.807) is 0 Å². The fraction of sp³-hybridized carbons (Fsp3) is 0.429. The molecule has 1 aromatic heterocycles. The van der Waals surface area contributed by atoms with Gasteiger partial charge in [0.1, 0.15) is 5.58 Å². The number of rotatable bonds is 1. The highest BCUT2D eigenvalue weighted by Gasteiger charge is 2.36. The Kier molecular flexibility index (Phi) is 2.08. The summed E-state index contributed by atoms with van der Waals surface area (Å²) in [7, 11) is 0. The number of para-hydroxylation sites is 1. The maximum Gasteiger partial charge on any atom is 0.134 e. The lowest BCUT2D eigenvalue weighted by atomic mass is 9.83. The standard InChI is InChI=1S/C14H17NO/c1-14(2)12(7-8-15-14)11-9-16-13-6-4-3-5-10(11)13/h3-6,9,12,15H,7-8H2,1-2H3. The van der Waals surface area contributed by atoms with Crippen LogP contribution in [0.15, 0.2) is 34.9 Å². The van der Waals surface area contributed by atoms with Gasteiger partial charge in [-0.15, -0.1) is 0 Å². The van der Waals surface area contributed by atoms with Crippen LogP contribution in [0.3, 0.4) is 0 Å². The second-order valence-electron chi connectivity index (χ2n) is 5.18. The molecular formula is C14H17NO. The molecule has 2 heterocycles. The van der Waals surface area contributed by atoms with E-state index in [1.807, 2.05) is 18.4 Å². The largest absolute Gasteiger partial charge is 0.464 e. The number of fused-ring (bicyclic) bond motifs is 1. The lowest BCUT2D eigenvalue weighted by molar-refractivity contribution is 0.409. The molecule has 0 aliphatic carbocycles. The van der Waals surface area contributed by atoms with Gasteiger partial charge < -0.3 is 9.73 Å². The fourth-order valence-electron chi connectivity index (χ4n) is 2.84. The van der Waals surface area contributed by atoms with E-state index < -0.39 is 0 Å². The Morgan fingerprint density at radius 3 is 2.88 bits per heavy atom. The fourth-order valence-corrected chi connectivity index (χ4v) is 2.84. The smallest absolute Gasteiger partial charge is 0.134 e. The van der Waals surface area contributed by atoms with E-state index in [1.165, 1.54) is 17.4 Å². The summed E-state index contributed by atoms with van der Waals surface area (Å²) in [6, 6.07) is 8.29. The Labute approximate surface area is 95.6 Å². The van der Waals surface area contributed by atoms with Crippen molar-refractivity contribution in [3.8, 4) is 0 Å². The Morgan fingerprint density at radius 2 is 2.12 bits per heavy atom. The Hall–Kier alpha value is -1.28. The average Bonchev–Trinajstić information content (AvgIpc) is 2.81. The zero-order valence-electron chi connectivity index (χ0n) is 9.79. The zero-order valence-corrected chi connectivity index (χ0v) is 9.79. The van der Waals surface area contributed by atoms with Gasteiger partial charge >= 0.3 is 0 Å². The van der Waals surface area contributed by atoms with Crippen LogP contribution in [-0.4, -0.2) is 12.1 Å². The first-order valence-electron chi connectivity index (χ1n) is 5.90.